The first kappa shape index (κ1) is 26.0. The molecule has 3 aromatic rings. The van der Waals surface area contributed by atoms with Crippen molar-refractivity contribution in [1.82, 2.24) is 19.7 Å². The SMILES string of the molecule is CCN(CC)CCCN1C(=O)N2C(c3cccc(O)c3)c3[nH]c4ccc(OC(F)F)cc4c3CC2(C)C1=O. The van der Waals surface area contributed by atoms with E-state index in [4.69, 9.17) is 0 Å². The van der Waals surface area contributed by atoms with E-state index in [0.29, 0.717) is 35.1 Å². The molecule has 8 nitrogen and oxygen atoms in total. The molecule has 1 fully saturated rings. The van der Waals surface area contributed by atoms with Gasteiger partial charge in [0.25, 0.3) is 5.91 Å². The Hall–Kier alpha value is -3.66. The Kier molecular flexibility index (Phi) is 6.77. The number of urea groups is 1. The van der Waals surface area contributed by atoms with Crippen molar-refractivity contribution in [2.45, 2.75) is 51.8 Å². The van der Waals surface area contributed by atoms with E-state index in [1.54, 1.807) is 48.2 Å². The number of carbonyl (C=O) groups is 2. The first-order valence-electron chi connectivity index (χ1n) is 12.9. The zero-order valence-corrected chi connectivity index (χ0v) is 21.7. The summed E-state index contributed by atoms with van der Waals surface area (Å²) in [4.78, 5) is 36.3. The molecule has 10 heteroatoms. The molecule has 2 aromatic carbocycles. The van der Waals surface area contributed by atoms with E-state index in [0.717, 1.165) is 25.2 Å². The number of hydrogen-bond acceptors (Lipinski definition) is 5. The van der Waals surface area contributed by atoms with Gasteiger partial charge in [0.15, 0.2) is 0 Å². The van der Waals surface area contributed by atoms with Gasteiger partial charge in [-0.3, -0.25) is 14.6 Å². The molecule has 5 rings (SSSR count). The number of aromatic nitrogens is 1. The van der Waals surface area contributed by atoms with Gasteiger partial charge in [0, 0.05) is 29.6 Å². The predicted molar refractivity (Wildman–Crippen MR) is 138 cm³/mol. The average Bonchev–Trinajstić information content (AvgIpc) is 3.32. The monoisotopic (exact) mass is 526 g/mol. The van der Waals surface area contributed by atoms with Gasteiger partial charge in [0.1, 0.15) is 23.1 Å². The van der Waals surface area contributed by atoms with Gasteiger partial charge in [0.2, 0.25) is 0 Å². The number of carbonyl (C=O) groups excluding carboxylic acids is 2. The highest BCUT2D eigenvalue weighted by Gasteiger charge is 2.60. The number of fused-ring (bicyclic) bond motifs is 4. The van der Waals surface area contributed by atoms with Crippen LogP contribution in [0.1, 0.15) is 50.1 Å². The minimum Gasteiger partial charge on any atom is -0.508 e. The number of H-pyrrole nitrogens is 1. The van der Waals surface area contributed by atoms with Crippen molar-refractivity contribution >= 4 is 22.8 Å². The number of benzene rings is 2. The number of amides is 3. The fraction of sp³-hybridized carbons (Fsp3) is 0.429. The molecule has 1 aromatic heterocycles. The van der Waals surface area contributed by atoms with Crippen molar-refractivity contribution in [3.05, 3.63) is 59.3 Å². The van der Waals surface area contributed by atoms with Crippen molar-refractivity contribution in [2.24, 2.45) is 0 Å². The minimum absolute atomic E-state index is 0.0163. The molecule has 2 aliphatic rings. The van der Waals surface area contributed by atoms with E-state index in [9.17, 15) is 23.5 Å². The molecule has 2 unspecified atom stereocenters. The van der Waals surface area contributed by atoms with Gasteiger partial charge in [-0.15, -0.1) is 0 Å². The topological polar surface area (TPSA) is 89.1 Å². The molecule has 3 amide bonds. The number of phenolic OH excluding ortho intramolecular Hbond substituents is 1. The number of phenols is 1. The van der Waals surface area contributed by atoms with Gasteiger partial charge in [-0.05, 0) is 74.4 Å². The highest BCUT2D eigenvalue weighted by Crippen LogP contribution is 2.49. The van der Waals surface area contributed by atoms with E-state index >= 15 is 0 Å². The summed E-state index contributed by atoms with van der Waals surface area (Å²) in [5.74, 6) is -0.232. The minimum atomic E-state index is -2.96. The summed E-state index contributed by atoms with van der Waals surface area (Å²) in [6, 6.07) is 10.2. The molecule has 202 valence electrons. The van der Waals surface area contributed by atoms with E-state index in [1.807, 2.05) is 0 Å². The molecule has 2 atom stereocenters. The smallest absolute Gasteiger partial charge is 0.387 e. The molecular formula is C28H32F2N4O4. The van der Waals surface area contributed by atoms with Crippen molar-refractivity contribution in [1.29, 1.82) is 0 Å². The predicted octanol–water partition coefficient (Wildman–Crippen LogP) is 4.88. The maximum absolute atomic E-state index is 13.9. The fourth-order valence-corrected chi connectivity index (χ4v) is 5.90. The van der Waals surface area contributed by atoms with E-state index in [2.05, 4.69) is 28.5 Å². The van der Waals surface area contributed by atoms with Crippen molar-refractivity contribution in [3.8, 4) is 11.5 Å². The Balaban J connectivity index is 1.59. The average molecular weight is 527 g/mol. The maximum Gasteiger partial charge on any atom is 0.387 e. The zero-order valence-electron chi connectivity index (χ0n) is 21.7. The molecule has 0 spiro atoms. The van der Waals surface area contributed by atoms with Crippen LogP contribution < -0.4 is 4.74 Å². The summed E-state index contributed by atoms with van der Waals surface area (Å²) >= 11 is 0. The van der Waals surface area contributed by atoms with Gasteiger partial charge < -0.3 is 19.7 Å². The third-order valence-corrected chi connectivity index (χ3v) is 7.80. The number of rotatable bonds is 9. The van der Waals surface area contributed by atoms with Crippen molar-refractivity contribution < 1.29 is 28.2 Å². The number of imide groups is 1. The number of aromatic hydroxyl groups is 1. The molecule has 2 N–H and O–H groups in total. The second kappa shape index (κ2) is 9.90. The van der Waals surface area contributed by atoms with Crippen LogP contribution in [0.3, 0.4) is 0 Å². The third kappa shape index (κ3) is 4.26. The maximum atomic E-state index is 13.9. The van der Waals surface area contributed by atoms with Gasteiger partial charge in [-0.2, -0.15) is 8.78 Å². The molecule has 0 saturated carbocycles. The van der Waals surface area contributed by atoms with Crippen LogP contribution in [0.15, 0.2) is 42.5 Å². The zero-order chi connectivity index (χ0) is 27.2. The summed E-state index contributed by atoms with van der Waals surface area (Å²) in [5, 5.41) is 10.9. The first-order valence-corrected chi connectivity index (χ1v) is 12.9. The normalized spacial score (nSPS) is 21.1. The number of nitrogens with zero attached hydrogens (tertiary/aromatic N) is 3. The number of halogens is 2. The fourth-order valence-electron chi connectivity index (χ4n) is 5.90. The van der Waals surface area contributed by atoms with Crippen LogP contribution in [0.2, 0.25) is 0 Å². The lowest BCUT2D eigenvalue weighted by Crippen LogP contribution is -2.53. The Bertz CT molecular complexity index is 1370. The first-order chi connectivity index (χ1) is 18.2. The number of nitrogens with one attached hydrogen (secondary N) is 1. The van der Waals surface area contributed by atoms with E-state index in [1.165, 1.54) is 11.0 Å². The van der Waals surface area contributed by atoms with Crippen LogP contribution in [0, 0.1) is 0 Å². The Morgan fingerprint density at radius 2 is 1.95 bits per heavy atom. The number of hydrogen-bond donors (Lipinski definition) is 2. The van der Waals surface area contributed by atoms with Crippen LogP contribution in [0.5, 0.6) is 11.5 Å². The molecule has 0 aliphatic carbocycles. The second-order valence-corrected chi connectivity index (χ2v) is 10.0. The van der Waals surface area contributed by atoms with Crippen LogP contribution in [0.4, 0.5) is 13.6 Å². The van der Waals surface area contributed by atoms with Gasteiger partial charge in [0.05, 0.1) is 0 Å². The summed E-state index contributed by atoms with van der Waals surface area (Å²) in [7, 11) is 0. The highest BCUT2D eigenvalue weighted by atomic mass is 19.3. The van der Waals surface area contributed by atoms with Crippen molar-refractivity contribution in [3.63, 3.8) is 0 Å². The molecular weight excluding hydrogens is 494 g/mol. The van der Waals surface area contributed by atoms with Crippen LogP contribution in [-0.2, 0) is 11.2 Å². The molecule has 1 saturated heterocycles. The van der Waals surface area contributed by atoms with Gasteiger partial charge in [-0.25, -0.2) is 4.79 Å². The molecule has 3 heterocycles. The van der Waals surface area contributed by atoms with E-state index in [-0.39, 0.29) is 29.9 Å². The van der Waals surface area contributed by atoms with Gasteiger partial charge >= 0.3 is 12.6 Å². The second-order valence-electron chi connectivity index (χ2n) is 10.0. The summed E-state index contributed by atoms with van der Waals surface area (Å²) in [6.45, 7) is 5.80. The number of ether oxygens (including phenoxy) is 1. The van der Waals surface area contributed by atoms with Crippen molar-refractivity contribution in [2.75, 3.05) is 26.2 Å². The standard InChI is InChI=1S/C28H32F2N4O4/c1-4-32(5-2)12-7-13-33-25(36)28(3)16-21-20-15-19(38-26(29)30)10-11-22(20)31-23(21)24(34(28)27(33)37)17-8-6-9-18(35)14-17/h6,8-11,14-15,24,26,31,35H,4-5,7,12-13,16H2,1-3H3. The summed E-state index contributed by atoms with van der Waals surface area (Å²) < 4.78 is 30.5. The number of alkyl halides is 2. The molecule has 0 radical (unpaired) electrons. The summed E-state index contributed by atoms with van der Waals surface area (Å²) in [5.41, 5.74) is 1.58. The Morgan fingerprint density at radius 1 is 1.18 bits per heavy atom. The lowest BCUT2D eigenvalue weighted by Gasteiger charge is -2.42. The lowest BCUT2D eigenvalue weighted by atomic mass is 9.81. The van der Waals surface area contributed by atoms with Crippen LogP contribution in [-0.4, -0.2) is 75.1 Å². The molecule has 38 heavy (non-hydrogen) atoms. The van der Waals surface area contributed by atoms with Crippen LogP contribution in [0.25, 0.3) is 10.9 Å². The quantitative estimate of drug-likeness (QED) is 0.388. The van der Waals surface area contributed by atoms with Crippen LogP contribution >= 0.6 is 0 Å². The van der Waals surface area contributed by atoms with E-state index < -0.39 is 18.2 Å². The molecule has 2 aliphatic heterocycles. The third-order valence-electron chi connectivity index (χ3n) is 7.80. The highest BCUT2D eigenvalue weighted by molar-refractivity contribution is 6.08. The number of aromatic amines is 1. The van der Waals surface area contributed by atoms with Gasteiger partial charge in [-0.1, -0.05) is 26.0 Å². The Labute approximate surface area is 219 Å². The summed E-state index contributed by atoms with van der Waals surface area (Å²) in [6.07, 6.45) is 0.870. The lowest BCUT2D eigenvalue weighted by molar-refractivity contribution is -0.133. The molecule has 0 bridgehead atoms. The largest absolute Gasteiger partial charge is 0.508 e. The Morgan fingerprint density at radius 3 is 2.63 bits per heavy atom.